The fraction of sp³-hybridized carbons (Fsp3) is 0.588. The summed E-state index contributed by atoms with van der Waals surface area (Å²) in [5.74, 6) is 0.447. The maximum absolute atomic E-state index is 11.4. The Hall–Kier alpha value is -1.59. The zero-order valence-corrected chi connectivity index (χ0v) is 13.7. The number of esters is 1. The van der Waals surface area contributed by atoms with Gasteiger partial charge in [0.15, 0.2) is 0 Å². The monoisotopic (exact) mass is 306 g/mol. The molecule has 1 fully saturated rings. The molecule has 1 N–H and O–H groups in total. The number of hydrogen-bond acceptors (Lipinski definition) is 5. The molecule has 1 aliphatic heterocycles. The first kappa shape index (κ1) is 16.8. The molecule has 122 valence electrons. The summed E-state index contributed by atoms with van der Waals surface area (Å²) in [4.78, 5) is 13.9. The van der Waals surface area contributed by atoms with Gasteiger partial charge in [-0.2, -0.15) is 0 Å². The number of hydrogen-bond donors (Lipinski definition) is 1. The molecule has 0 bridgehead atoms. The molecule has 0 amide bonds. The molecule has 1 saturated heterocycles. The van der Waals surface area contributed by atoms with Crippen LogP contribution in [0.3, 0.4) is 0 Å². The number of piperazine rings is 1. The van der Waals surface area contributed by atoms with Crippen LogP contribution < -0.4 is 10.1 Å². The fourth-order valence-electron chi connectivity index (χ4n) is 2.51. The number of methoxy groups -OCH3 is 1. The first-order valence-electron chi connectivity index (χ1n) is 7.81. The standard InChI is InChI=1S/C17H26N2O3/c1-17(2,8-11-19-12-9-18-10-13-19)22-15-6-4-14(5-7-15)16(20)21-3/h4-7,18H,8-13H2,1-3H3. The Kier molecular flexibility index (Phi) is 5.80. The van der Waals surface area contributed by atoms with E-state index in [1.165, 1.54) is 7.11 Å². The minimum Gasteiger partial charge on any atom is -0.488 e. The predicted molar refractivity (Wildman–Crippen MR) is 86.4 cm³/mol. The molecule has 2 rings (SSSR count). The van der Waals surface area contributed by atoms with E-state index < -0.39 is 0 Å². The van der Waals surface area contributed by atoms with E-state index in [1.54, 1.807) is 12.1 Å². The van der Waals surface area contributed by atoms with Crippen LogP contribution in [0.15, 0.2) is 24.3 Å². The number of carbonyl (C=O) groups excluding carboxylic acids is 1. The lowest BCUT2D eigenvalue weighted by Crippen LogP contribution is -2.45. The molecule has 0 radical (unpaired) electrons. The average molecular weight is 306 g/mol. The molecule has 0 unspecified atom stereocenters. The zero-order valence-electron chi connectivity index (χ0n) is 13.7. The van der Waals surface area contributed by atoms with Gasteiger partial charge in [0.25, 0.3) is 0 Å². The smallest absolute Gasteiger partial charge is 0.337 e. The molecule has 1 aliphatic rings. The lowest BCUT2D eigenvalue weighted by molar-refractivity contribution is 0.0600. The fourth-order valence-corrected chi connectivity index (χ4v) is 2.51. The van der Waals surface area contributed by atoms with Crippen LogP contribution in [0, 0.1) is 0 Å². The summed E-state index contributed by atoms with van der Waals surface area (Å²) in [6.07, 6.45) is 0.964. The van der Waals surface area contributed by atoms with Crippen LogP contribution in [0.25, 0.3) is 0 Å². The van der Waals surface area contributed by atoms with Crippen LogP contribution in [0.1, 0.15) is 30.6 Å². The van der Waals surface area contributed by atoms with Crippen molar-refractivity contribution in [1.29, 1.82) is 0 Å². The van der Waals surface area contributed by atoms with Crippen molar-refractivity contribution in [2.45, 2.75) is 25.9 Å². The molecular formula is C17H26N2O3. The molecular weight excluding hydrogens is 280 g/mol. The van der Waals surface area contributed by atoms with E-state index in [9.17, 15) is 4.79 Å². The molecule has 0 atom stereocenters. The highest BCUT2D eigenvalue weighted by molar-refractivity contribution is 5.89. The van der Waals surface area contributed by atoms with Crippen molar-refractivity contribution in [3.05, 3.63) is 29.8 Å². The summed E-state index contributed by atoms with van der Waals surface area (Å²) in [7, 11) is 1.38. The molecule has 0 aliphatic carbocycles. The van der Waals surface area contributed by atoms with Gasteiger partial charge in [-0.05, 0) is 44.5 Å². The normalized spacial score (nSPS) is 16.3. The maximum Gasteiger partial charge on any atom is 0.337 e. The van der Waals surface area contributed by atoms with Gasteiger partial charge in [-0.3, -0.25) is 0 Å². The van der Waals surface area contributed by atoms with Crippen LogP contribution in [0.2, 0.25) is 0 Å². The summed E-state index contributed by atoms with van der Waals surface area (Å²) >= 11 is 0. The van der Waals surface area contributed by atoms with Gasteiger partial charge in [0.2, 0.25) is 0 Å². The van der Waals surface area contributed by atoms with Crippen molar-refractivity contribution in [3.63, 3.8) is 0 Å². The Labute approximate surface area is 132 Å². The van der Waals surface area contributed by atoms with Gasteiger partial charge in [-0.15, -0.1) is 0 Å². The highest BCUT2D eigenvalue weighted by Gasteiger charge is 2.22. The highest BCUT2D eigenvalue weighted by Crippen LogP contribution is 2.22. The third kappa shape index (κ3) is 5.00. The lowest BCUT2D eigenvalue weighted by atomic mass is 10.0. The van der Waals surface area contributed by atoms with Crippen molar-refractivity contribution in [1.82, 2.24) is 10.2 Å². The first-order chi connectivity index (χ1) is 10.5. The van der Waals surface area contributed by atoms with Crippen molar-refractivity contribution >= 4 is 5.97 Å². The minimum absolute atomic E-state index is 0.238. The van der Waals surface area contributed by atoms with Gasteiger partial charge in [0, 0.05) is 32.7 Å². The Morgan fingerprint density at radius 3 is 2.45 bits per heavy atom. The Morgan fingerprint density at radius 1 is 1.23 bits per heavy atom. The molecule has 0 aromatic heterocycles. The van der Waals surface area contributed by atoms with E-state index in [2.05, 4.69) is 24.1 Å². The molecule has 22 heavy (non-hydrogen) atoms. The third-order valence-corrected chi connectivity index (χ3v) is 3.91. The van der Waals surface area contributed by atoms with E-state index >= 15 is 0 Å². The van der Waals surface area contributed by atoms with Gasteiger partial charge in [0.05, 0.1) is 12.7 Å². The summed E-state index contributed by atoms with van der Waals surface area (Å²) in [6, 6.07) is 7.10. The largest absolute Gasteiger partial charge is 0.488 e. The summed E-state index contributed by atoms with van der Waals surface area (Å²) in [6.45, 7) is 9.57. The second-order valence-electron chi connectivity index (χ2n) is 6.22. The Morgan fingerprint density at radius 2 is 1.86 bits per heavy atom. The first-order valence-corrected chi connectivity index (χ1v) is 7.81. The number of nitrogens with zero attached hydrogens (tertiary/aromatic N) is 1. The topological polar surface area (TPSA) is 50.8 Å². The van der Waals surface area contributed by atoms with Crippen molar-refractivity contribution in [2.24, 2.45) is 0 Å². The van der Waals surface area contributed by atoms with Gasteiger partial charge < -0.3 is 19.7 Å². The third-order valence-electron chi connectivity index (χ3n) is 3.91. The average Bonchev–Trinajstić information content (AvgIpc) is 2.54. The predicted octanol–water partition coefficient (Wildman–Crippen LogP) is 1.93. The number of benzene rings is 1. The molecule has 0 saturated carbocycles. The second kappa shape index (κ2) is 7.61. The summed E-state index contributed by atoms with van der Waals surface area (Å²) in [5.41, 5.74) is 0.297. The Balaban J connectivity index is 1.86. The van der Waals surface area contributed by atoms with Crippen LogP contribution in [-0.4, -0.2) is 56.3 Å². The molecule has 1 aromatic rings. The number of nitrogens with one attached hydrogen (secondary N) is 1. The van der Waals surface area contributed by atoms with Crippen LogP contribution in [0.4, 0.5) is 0 Å². The van der Waals surface area contributed by atoms with Gasteiger partial charge in [-0.25, -0.2) is 4.79 Å². The summed E-state index contributed by atoms with van der Waals surface area (Å²) in [5, 5.41) is 3.36. The molecule has 1 heterocycles. The van der Waals surface area contributed by atoms with Crippen LogP contribution in [0.5, 0.6) is 5.75 Å². The van der Waals surface area contributed by atoms with Gasteiger partial charge >= 0.3 is 5.97 Å². The van der Waals surface area contributed by atoms with Gasteiger partial charge in [0.1, 0.15) is 11.4 Å². The van der Waals surface area contributed by atoms with Crippen molar-refractivity contribution < 1.29 is 14.3 Å². The molecule has 5 nitrogen and oxygen atoms in total. The van der Waals surface area contributed by atoms with Crippen molar-refractivity contribution in [2.75, 3.05) is 39.8 Å². The van der Waals surface area contributed by atoms with Crippen LogP contribution >= 0.6 is 0 Å². The van der Waals surface area contributed by atoms with E-state index in [-0.39, 0.29) is 11.6 Å². The van der Waals surface area contributed by atoms with Crippen molar-refractivity contribution in [3.8, 4) is 5.75 Å². The van der Waals surface area contributed by atoms with Crippen LogP contribution in [-0.2, 0) is 4.74 Å². The number of carbonyl (C=O) groups is 1. The quantitative estimate of drug-likeness (QED) is 0.814. The SMILES string of the molecule is COC(=O)c1ccc(OC(C)(C)CCN2CCNCC2)cc1. The molecule has 5 heteroatoms. The van der Waals surface area contributed by atoms with Gasteiger partial charge in [-0.1, -0.05) is 0 Å². The van der Waals surface area contributed by atoms with E-state index in [1.807, 2.05) is 12.1 Å². The highest BCUT2D eigenvalue weighted by atomic mass is 16.5. The Bertz CT molecular complexity index is 479. The summed E-state index contributed by atoms with van der Waals surface area (Å²) < 4.78 is 10.8. The minimum atomic E-state index is -0.329. The lowest BCUT2D eigenvalue weighted by Gasteiger charge is -2.32. The molecule has 1 aromatic carbocycles. The maximum atomic E-state index is 11.4. The van der Waals surface area contributed by atoms with E-state index in [0.29, 0.717) is 5.56 Å². The second-order valence-corrected chi connectivity index (χ2v) is 6.22. The molecule has 0 spiro atoms. The number of rotatable bonds is 6. The van der Waals surface area contributed by atoms with E-state index in [4.69, 9.17) is 9.47 Å². The van der Waals surface area contributed by atoms with E-state index in [0.717, 1.165) is 44.9 Å². The number of ether oxygens (including phenoxy) is 2. The zero-order chi connectivity index (χ0) is 16.0.